The van der Waals surface area contributed by atoms with Crippen molar-refractivity contribution in [3.63, 3.8) is 0 Å². The third kappa shape index (κ3) is 8.84. The van der Waals surface area contributed by atoms with Crippen molar-refractivity contribution >= 4 is 62.6 Å². The summed E-state index contributed by atoms with van der Waals surface area (Å²) >= 11 is 0. The predicted octanol–water partition coefficient (Wildman–Crippen LogP) is -0.0751. The van der Waals surface area contributed by atoms with Gasteiger partial charge in [-0.05, 0) is 0 Å². The Balaban J connectivity index is 0. The van der Waals surface area contributed by atoms with Gasteiger partial charge in [0.25, 0.3) is 0 Å². The van der Waals surface area contributed by atoms with Crippen LogP contribution in [0.4, 0.5) is 0 Å². The molecule has 0 aromatic carbocycles. The Morgan fingerprint density at radius 2 is 0.750 bits per heavy atom. The molecular formula is H4CaCl2Cu. The topological polar surface area (TPSA) is 0 Å². The van der Waals surface area contributed by atoms with E-state index in [0.717, 1.165) is 0 Å². The molecule has 0 spiro atoms. The van der Waals surface area contributed by atoms with Crippen molar-refractivity contribution in [1.29, 1.82) is 0 Å². The van der Waals surface area contributed by atoms with Gasteiger partial charge in [-0.25, -0.2) is 0 Å². The van der Waals surface area contributed by atoms with Crippen LogP contribution in [-0.2, 0) is 17.1 Å². The van der Waals surface area contributed by atoms with Crippen LogP contribution in [0.25, 0.3) is 0 Å². The zero-order valence-corrected chi connectivity index (χ0v) is 3.69. The summed E-state index contributed by atoms with van der Waals surface area (Å²) < 4.78 is 0. The van der Waals surface area contributed by atoms with E-state index >= 15 is 0 Å². The molecule has 0 bridgehead atoms. The number of hydrogen-bond acceptors (Lipinski definition) is 0. The summed E-state index contributed by atoms with van der Waals surface area (Å²) in [7, 11) is 0. The van der Waals surface area contributed by atoms with Gasteiger partial charge in [0.05, 0.1) is 0 Å². The first kappa shape index (κ1) is 32.8. The van der Waals surface area contributed by atoms with Crippen LogP contribution in [0, 0.1) is 0 Å². The normalized spacial score (nSPS) is 0. The molecule has 0 amide bonds. The van der Waals surface area contributed by atoms with Crippen LogP contribution < -0.4 is 0 Å². The molecule has 0 rings (SSSR count). The van der Waals surface area contributed by atoms with Crippen molar-refractivity contribution < 1.29 is 17.1 Å². The largest absolute Gasteiger partial charge is 0 e. The zero-order valence-electron chi connectivity index (χ0n) is 1.12. The van der Waals surface area contributed by atoms with E-state index < -0.39 is 0 Å². The van der Waals surface area contributed by atoms with E-state index in [1.54, 1.807) is 0 Å². The number of halogens is 2. The van der Waals surface area contributed by atoms with E-state index in [1.165, 1.54) is 0 Å². The van der Waals surface area contributed by atoms with Gasteiger partial charge in [-0.15, -0.1) is 24.8 Å². The first-order chi connectivity index (χ1) is 0. The molecule has 0 heterocycles. The van der Waals surface area contributed by atoms with Gasteiger partial charge in [-0.2, -0.15) is 0 Å². The molecule has 0 aliphatic carbocycles. The van der Waals surface area contributed by atoms with Crippen molar-refractivity contribution in [3.8, 4) is 0 Å². The van der Waals surface area contributed by atoms with Crippen LogP contribution in [0.2, 0.25) is 0 Å². The predicted molar refractivity (Wildman–Crippen MR) is 23.0 cm³/mol. The van der Waals surface area contributed by atoms with Gasteiger partial charge in [0.15, 0.2) is 0 Å². The third-order valence-corrected chi connectivity index (χ3v) is 0. The molecule has 4 heteroatoms. The smallest absolute Gasteiger partial charge is 0 e. The maximum absolute atomic E-state index is 0. The van der Waals surface area contributed by atoms with Crippen LogP contribution in [0.3, 0.4) is 0 Å². The minimum atomic E-state index is 0. The molecule has 4 heavy (non-hydrogen) atoms. The Morgan fingerprint density at radius 1 is 0.750 bits per heavy atom. The van der Waals surface area contributed by atoms with Gasteiger partial charge >= 0.3 is 37.7 Å². The molecule has 31 valence electrons. The quantitative estimate of drug-likeness (QED) is 0.456. The summed E-state index contributed by atoms with van der Waals surface area (Å²) in [6.45, 7) is 0. The van der Waals surface area contributed by atoms with E-state index in [0.29, 0.717) is 0 Å². The minimum Gasteiger partial charge on any atom is 0 e. The summed E-state index contributed by atoms with van der Waals surface area (Å²) in [6, 6.07) is 0. The second kappa shape index (κ2) is 18.3. The molecule has 0 aromatic heterocycles. The fraction of sp³-hybridized carbons (Fsp3) is 0. The van der Waals surface area contributed by atoms with Gasteiger partial charge in [0, 0.05) is 17.1 Å². The van der Waals surface area contributed by atoms with E-state index in [9.17, 15) is 0 Å². The van der Waals surface area contributed by atoms with Gasteiger partial charge in [-0.3, -0.25) is 0 Å². The molecule has 0 saturated carbocycles. The second-order valence-electron chi connectivity index (χ2n) is 0. The zero-order chi connectivity index (χ0) is 0. The van der Waals surface area contributed by atoms with Gasteiger partial charge in [0.2, 0.25) is 0 Å². The average molecular weight is 179 g/mol. The standard InChI is InChI=1S/Ca.2ClH.Cu.2H/h;2*1H;;;. The first-order valence-corrected chi connectivity index (χ1v) is 0. The van der Waals surface area contributed by atoms with Crippen molar-refractivity contribution in [1.82, 2.24) is 0 Å². The van der Waals surface area contributed by atoms with Gasteiger partial charge in [0.1, 0.15) is 0 Å². The molecule has 0 nitrogen and oxygen atoms in total. The minimum absolute atomic E-state index is 0. The van der Waals surface area contributed by atoms with Gasteiger partial charge in [-0.1, -0.05) is 0 Å². The SMILES string of the molecule is Cl.Cl.[CaH2].[Cu]. The van der Waals surface area contributed by atoms with Crippen molar-refractivity contribution in [2.45, 2.75) is 0 Å². The summed E-state index contributed by atoms with van der Waals surface area (Å²) in [5, 5.41) is 0. The summed E-state index contributed by atoms with van der Waals surface area (Å²) in [5.74, 6) is 0. The first-order valence-electron chi connectivity index (χ1n) is 0. The number of rotatable bonds is 0. The molecule has 0 fully saturated rings. The van der Waals surface area contributed by atoms with Crippen LogP contribution in [0.15, 0.2) is 0 Å². The Morgan fingerprint density at radius 3 is 0.750 bits per heavy atom. The van der Waals surface area contributed by atoms with E-state index in [4.69, 9.17) is 0 Å². The Hall–Kier alpha value is 2.36. The molecule has 0 aromatic rings. The average Bonchev–Trinajstić information content (AvgIpc) is 0. The summed E-state index contributed by atoms with van der Waals surface area (Å²) in [5.41, 5.74) is 0. The maximum atomic E-state index is 0. The fourth-order valence-corrected chi connectivity index (χ4v) is 0. The summed E-state index contributed by atoms with van der Waals surface area (Å²) in [6.07, 6.45) is 0. The van der Waals surface area contributed by atoms with Crippen molar-refractivity contribution in [2.75, 3.05) is 0 Å². The third-order valence-electron chi connectivity index (χ3n) is 0. The molecule has 0 saturated heterocycles. The van der Waals surface area contributed by atoms with E-state index in [2.05, 4.69) is 0 Å². The van der Waals surface area contributed by atoms with E-state index in [1.807, 2.05) is 0 Å². The van der Waals surface area contributed by atoms with Crippen LogP contribution in [-0.4, -0.2) is 37.7 Å². The molecule has 1 radical (unpaired) electrons. The Kier molecular flexibility index (Phi) is 150. The van der Waals surface area contributed by atoms with E-state index in [-0.39, 0.29) is 79.6 Å². The maximum Gasteiger partial charge on any atom is 0 e. The second-order valence-corrected chi connectivity index (χ2v) is 0. The van der Waals surface area contributed by atoms with Crippen LogP contribution in [0.1, 0.15) is 0 Å². The molecule has 0 unspecified atom stereocenters. The Bertz CT molecular complexity index is 6.00. The number of hydrogen-bond donors (Lipinski definition) is 0. The Labute approximate surface area is 78.4 Å². The van der Waals surface area contributed by atoms with Crippen LogP contribution >= 0.6 is 24.8 Å². The molecule has 0 N–H and O–H groups in total. The molecule has 0 aliphatic rings. The van der Waals surface area contributed by atoms with Crippen LogP contribution in [0.5, 0.6) is 0 Å². The molecule has 0 aliphatic heterocycles. The van der Waals surface area contributed by atoms with Crippen molar-refractivity contribution in [2.24, 2.45) is 0 Å². The van der Waals surface area contributed by atoms with Gasteiger partial charge < -0.3 is 0 Å². The fourth-order valence-electron chi connectivity index (χ4n) is 0. The monoisotopic (exact) mass is 177 g/mol. The summed E-state index contributed by atoms with van der Waals surface area (Å²) in [4.78, 5) is 0. The molecular weight excluding hydrogens is 175 g/mol. The van der Waals surface area contributed by atoms with Crippen molar-refractivity contribution in [3.05, 3.63) is 0 Å². The molecule has 0 atom stereocenters.